The van der Waals surface area contributed by atoms with E-state index in [0.29, 0.717) is 40.0 Å². The van der Waals surface area contributed by atoms with Gasteiger partial charge in [0.05, 0.1) is 27.8 Å². The third-order valence-electron chi connectivity index (χ3n) is 7.36. The molecule has 0 bridgehead atoms. The van der Waals surface area contributed by atoms with Crippen LogP contribution in [0.25, 0.3) is 16.6 Å². The molecule has 2 aromatic heterocycles. The van der Waals surface area contributed by atoms with Gasteiger partial charge in [-0.15, -0.1) is 0 Å². The summed E-state index contributed by atoms with van der Waals surface area (Å²) in [6.07, 6.45) is 14.9. The summed E-state index contributed by atoms with van der Waals surface area (Å²) in [6, 6.07) is 3.50. The van der Waals surface area contributed by atoms with Gasteiger partial charge in [0.1, 0.15) is 11.3 Å². The van der Waals surface area contributed by atoms with Crippen LogP contribution in [0.5, 0.6) is 0 Å². The van der Waals surface area contributed by atoms with Crippen molar-refractivity contribution in [2.75, 3.05) is 6.54 Å². The number of aromatic amines is 1. The Labute approximate surface area is 192 Å². The summed E-state index contributed by atoms with van der Waals surface area (Å²) in [5.41, 5.74) is 2.12. The number of halogens is 1. The predicted molar refractivity (Wildman–Crippen MR) is 128 cm³/mol. The number of amides is 1. The monoisotopic (exact) mass is 454 g/mol. The van der Waals surface area contributed by atoms with Crippen molar-refractivity contribution in [1.82, 2.24) is 19.7 Å². The summed E-state index contributed by atoms with van der Waals surface area (Å²) in [6.45, 7) is 0.676. The SMILES string of the molecule is O=C(NCC1CCCCC1)c1cc2[nH]c(=O)c3cnc(CC4CCCCC4)n3c2cc1Cl. The molecule has 0 aliphatic heterocycles. The minimum Gasteiger partial charge on any atom is -0.352 e. The molecule has 0 saturated heterocycles. The summed E-state index contributed by atoms with van der Waals surface area (Å²) < 4.78 is 1.93. The van der Waals surface area contributed by atoms with Crippen LogP contribution in [0.1, 0.15) is 80.4 Å². The number of carbonyl (C=O) groups is 1. The van der Waals surface area contributed by atoms with Gasteiger partial charge in [0.25, 0.3) is 11.5 Å². The lowest BCUT2D eigenvalue weighted by Gasteiger charge is -2.22. The molecule has 3 aromatic rings. The summed E-state index contributed by atoms with van der Waals surface area (Å²) in [5.74, 6) is 1.86. The van der Waals surface area contributed by atoms with Crippen LogP contribution in [0.15, 0.2) is 23.1 Å². The zero-order valence-corrected chi connectivity index (χ0v) is 19.2. The van der Waals surface area contributed by atoms with E-state index in [9.17, 15) is 9.59 Å². The molecular weight excluding hydrogens is 424 g/mol. The summed E-state index contributed by atoms with van der Waals surface area (Å²) in [4.78, 5) is 33.1. The molecule has 0 unspecified atom stereocenters. The molecule has 2 heterocycles. The maximum absolute atomic E-state index is 12.9. The zero-order valence-electron chi connectivity index (χ0n) is 18.5. The van der Waals surface area contributed by atoms with Gasteiger partial charge in [-0.2, -0.15) is 0 Å². The third-order valence-corrected chi connectivity index (χ3v) is 7.67. The Morgan fingerprint density at radius 3 is 2.44 bits per heavy atom. The Kier molecular flexibility index (Phi) is 6.22. The predicted octanol–water partition coefficient (Wildman–Crippen LogP) is 5.26. The molecular formula is C25H31ClN4O2. The van der Waals surface area contributed by atoms with E-state index in [1.807, 2.05) is 4.40 Å². The van der Waals surface area contributed by atoms with Crippen LogP contribution in [-0.2, 0) is 6.42 Å². The first-order valence-electron chi connectivity index (χ1n) is 12.1. The Bertz CT molecular complexity index is 1190. The number of rotatable bonds is 5. The van der Waals surface area contributed by atoms with Crippen LogP contribution < -0.4 is 10.9 Å². The molecule has 7 heteroatoms. The van der Waals surface area contributed by atoms with E-state index in [1.165, 1.54) is 64.2 Å². The van der Waals surface area contributed by atoms with E-state index in [-0.39, 0.29) is 11.5 Å². The van der Waals surface area contributed by atoms with E-state index >= 15 is 0 Å². The number of nitrogens with zero attached hydrogens (tertiary/aromatic N) is 2. The molecule has 1 amide bonds. The highest BCUT2D eigenvalue weighted by atomic mass is 35.5. The molecule has 2 saturated carbocycles. The number of hydrogen-bond acceptors (Lipinski definition) is 3. The molecule has 170 valence electrons. The molecule has 0 radical (unpaired) electrons. The second-order valence-electron chi connectivity index (χ2n) is 9.62. The molecule has 2 N–H and O–H groups in total. The Balaban J connectivity index is 1.46. The van der Waals surface area contributed by atoms with E-state index < -0.39 is 0 Å². The molecule has 0 atom stereocenters. The fraction of sp³-hybridized carbons (Fsp3) is 0.560. The van der Waals surface area contributed by atoms with E-state index in [4.69, 9.17) is 11.6 Å². The van der Waals surface area contributed by atoms with Crippen molar-refractivity contribution in [3.8, 4) is 0 Å². The molecule has 5 rings (SSSR count). The van der Waals surface area contributed by atoms with Crippen LogP contribution in [-0.4, -0.2) is 26.8 Å². The molecule has 32 heavy (non-hydrogen) atoms. The van der Waals surface area contributed by atoms with Gasteiger partial charge in [-0.3, -0.25) is 14.0 Å². The minimum atomic E-state index is -0.198. The number of nitrogens with one attached hydrogen (secondary N) is 2. The lowest BCUT2D eigenvalue weighted by molar-refractivity contribution is 0.0944. The van der Waals surface area contributed by atoms with Crippen LogP contribution in [0.4, 0.5) is 0 Å². The number of aromatic nitrogens is 3. The summed E-state index contributed by atoms with van der Waals surface area (Å²) >= 11 is 6.58. The molecule has 6 nitrogen and oxygen atoms in total. The van der Waals surface area contributed by atoms with Gasteiger partial charge >= 0.3 is 0 Å². The highest BCUT2D eigenvalue weighted by molar-refractivity contribution is 6.34. The normalized spacial score (nSPS) is 18.4. The van der Waals surface area contributed by atoms with Crippen molar-refractivity contribution in [3.05, 3.63) is 45.1 Å². The maximum atomic E-state index is 12.9. The Morgan fingerprint density at radius 1 is 1.03 bits per heavy atom. The average Bonchev–Trinajstić information content (AvgIpc) is 3.23. The second kappa shape index (κ2) is 9.26. The van der Waals surface area contributed by atoms with Crippen molar-refractivity contribution in [3.63, 3.8) is 0 Å². The first kappa shape index (κ1) is 21.5. The van der Waals surface area contributed by atoms with Crippen molar-refractivity contribution >= 4 is 34.1 Å². The third kappa shape index (κ3) is 4.29. The topological polar surface area (TPSA) is 79.3 Å². The number of hydrogen-bond donors (Lipinski definition) is 2. The molecule has 2 fully saturated rings. The van der Waals surface area contributed by atoms with E-state index in [2.05, 4.69) is 15.3 Å². The number of H-pyrrole nitrogens is 1. The van der Waals surface area contributed by atoms with Gasteiger partial charge < -0.3 is 10.3 Å². The van der Waals surface area contributed by atoms with Gasteiger partial charge in [0, 0.05) is 13.0 Å². The van der Waals surface area contributed by atoms with Gasteiger partial charge in [-0.1, -0.05) is 63.0 Å². The largest absolute Gasteiger partial charge is 0.352 e. The van der Waals surface area contributed by atoms with Crippen molar-refractivity contribution in [2.45, 2.75) is 70.6 Å². The highest BCUT2D eigenvalue weighted by Crippen LogP contribution is 2.29. The molecule has 1 aromatic carbocycles. The van der Waals surface area contributed by atoms with Gasteiger partial charge in [-0.25, -0.2) is 4.98 Å². The number of fused-ring (bicyclic) bond motifs is 3. The Hall–Kier alpha value is -2.34. The fourth-order valence-electron chi connectivity index (χ4n) is 5.54. The maximum Gasteiger partial charge on any atom is 0.274 e. The van der Waals surface area contributed by atoms with Gasteiger partial charge in [0.2, 0.25) is 0 Å². The first-order valence-corrected chi connectivity index (χ1v) is 12.5. The lowest BCUT2D eigenvalue weighted by Crippen LogP contribution is -2.30. The lowest BCUT2D eigenvalue weighted by atomic mass is 9.87. The smallest absolute Gasteiger partial charge is 0.274 e. The van der Waals surface area contributed by atoms with Gasteiger partial charge in [-0.05, 0) is 36.8 Å². The van der Waals surface area contributed by atoms with Gasteiger partial charge in [0.15, 0.2) is 0 Å². The molecule has 2 aliphatic rings. The highest BCUT2D eigenvalue weighted by Gasteiger charge is 2.21. The number of benzene rings is 1. The fourth-order valence-corrected chi connectivity index (χ4v) is 5.79. The first-order chi connectivity index (χ1) is 15.6. The van der Waals surface area contributed by atoms with E-state index in [1.54, 1.807) is 18.3 Å². The average molecular weight is 455 g/mol. The van der Waals surface area contributed by atoms with E-state index in [0.717, 1.165) is 17.8 Å². The molecule has 2 aliphatic carbocycles. The quantitative estimate of drug-likeness (QED) is 0.551. The van der Waals surface area contributed by atoms with Crippen LogP contribution >= 0.6 is 11.6 Å². The Morgan fingerprint density at radius 2 is 1.72 bits per heavy atom. The second-order valence-corrected chi connectivity index (χ2v) is 10.0. The molecule has 0 spiro atoms. The number of carbonyl (C=O) groups excluding carboxylic acids is 1. The van der Waals surface area contributed by atoms with Crippen LogP contribution in [0.3, 0.4) is 0 Å². The minimum absolute atomic E-state index is 0.184. The van der Waals surface area contributed by atoms with Crippen molar-refractivity contribution in [1.29, 1.82) is 0 Å². The number of imidazole rings is 1. The van der Waals surface area contributed by atoms with Crippen molar-refractivity contribution in [2.24, 2.45) is 11.8 Å². The standard InChI is InChI=1S/C25H31ClN4O2/c26-19-13-21-20(12-18(19)24(31)28-14-17-9-5-2-6-10-17)29-25(32)22-15-27-23(30(21)22)11-16-7-3-1-4-8-16/h12-13,15-17H,1-11,14H2,(H,28,31)(H,29,32). The van der Waals surface area contributed by atoms with Crippen LogP contribution in [0, 0.1) is 11.8 Å². The van der Waals surface area contributed by atoms with Crippen LogP contribution in [0.2, 0.25) is 5.02 Å². The van der Waals surface area contributed by atoms with Crippen molar-refractivity contribution < 1.29 is 4.79 Å². The summed E-state index contributed by atoms with van der Waals surface area (Å²) in [7, 11) is 0. The zero-order chi connectivity index (χ0) is 22.1. The summed E-state index contributed by atoms with van der Waals surface area (Å²) in [5, 5.41) is 3.44.